The van der Waals surface area contributed by atoms with Crippen molar-refractivity contribution in [1.82, 2.24) is 20.2 Å². The number of nitrogens with zero attached hydrogens (tertiary/aromatic N) is 3. The molecule has 29 heavy (non-hydrogen) atoms. The number of nitrogens with one attached hydrogen (secondary N) is 1. The summed E-state index contributed by atoms with van der Waals surface area (Å²) in [6.07, 6.45) is 1.80. The number of hydrogen-bond donors (Lipinski definition) is 1. The minimum atomic E-state index is -0.104. The molecule has 1 aliphatic heterocycles. The van der Waals surface area contributed by atoms with Crippen LogP contribution in [0.25, 0.3) is 10.9 Å². The lowest BCUT2D eigenvalue weighted by molar-refractivity contribution is 0.0154. The number of ether oxygens (including phenoxy) is 1. The molecule has 3 aromatic rings. The van der Waals surface area contributed by atoms with Gasteiger partial charge in [-0.3, -0.25) is 19.7 Å². The SMILES string of the molecule is Cc1nc2c(C)cccc2cc1C(=O)NC[C@H](c1ccccn1)N1CCOCC1. The van der Waals surface area contributed by atoms with Crippen molar-refractivity contribution in [3.8, 4) is 0 Å². The van der Waals surface area contributed by atoms with Crippen LogP contribution in [0.2, 0.25) is 0 Å². The normalized spacial score (nSPS) is 15.9. The van der Waals surface area contributed by atoms with E-state index in [9.17, 15) is 4.79 Å². The molecule has 2 aromatic heterocycles. The Labute approximate surface area is 170 Å². The van der Waals surface area contributed by atoms with Gasteiger partial charge in [0.1, 0.15) is 0 Å². The van der Waals surface area contributed by atoms with Gasteiger partial charge in [0, 0.05) is 31.2 Å². The van der Waals surface area contributed by atoms with Crippen LogP contribution in [0.1, 0.15) is 33.4 Å². The number of para-hydroxylation sites is 1. The molecule has 6 nitrogen and oxygen atoms in total. The minimum absolute atomic E-state index is 0.0139. The second kappa shape index (κ2) is 8.68. The Morgan fingerprint density at radius 3 is 2.76 bits per heavy atom. The molecule has 1 N–H and O–H groups in total. The highest BCUT2D eigenvalue weighted by Gasteiger charge is 2.24. The lowest BCUT2D eigenvalue weighted by Crippen LogP contribution is -2.44. The molecule has 1 saturated heterocycles. The first-order chi connectivity index (χ1) is 14.1. The molecule has 1 fully saturated rings. The van der Waals surface area contributed by atoms with E-state index < -0.39 is 0 Å². The first kappa shape index (κ1) is 19.5. The summed E-state index contributed by atoms with van der Waals surface area (Å²) in [4.78, 5) is 24.5. The highest BCUT2D eigenvalue weighted by molar-refractivity contribution is 5.99. The number of carbonyl (C=O) groups excluding carboxylic acids is 1. The lowest BCUT2D eigenvalue weighted by Gasteiger charge is -2.34. The lowest BCUT2D eigenvalue weighted by atomic mass is 10.1. The number of fused-ring (bicyclic) bond motifs is 1. The van der Waals surface area contributed by atoms with Gasteiger partial charge in [0.2, 0.25) is 0 Å². The van der Waals surface area contributed by atoms with E-state index in [4.69, 9.17) is 4.74 Å². The number of carbonyl (C=O) groups is 1. The summed E-state index contributed by atoms with van der Waals surface area (Å²) in [6, 6.07) is 13.9. The van der Waals surface area contributed by atoms with Gasteiger partial charge in [-0.15, -0.1) is 0 Å². The first-order valence-electron chi connectivity index (χ1n) is 10.0. The van der Waals surface area contributed by atoms with Crippen molar-refractivity contribution in [2.75, 3.05) is 32.8 Å². The molecule has 150 valence electrons. The van der Waals surface area contributed by atoms with E-state index in [-0.39, 0.29) is 11.9 Å². The highest BCUT2D eigenvalue weighted by atomic mass is 16.5. The van der Waals surface area contributed by atoms with Gasteiger partial charge >= 0.3 is 0 Å². The average molecular weight is 390 g/mol. The number of rotatable bonds is 5. The van der Waals surface area contributed by atoms with E-state index in [1.165, 1.54) is 0 Å². The molecule has 1 aliphatic rings. The van der Waals surface area contributed by atoms with Crippen molar-refractivity contribution in [2.45, 2.75) is 19.9 Å². The fraction of sp³-hybridized carbons (Fsp3) is 0.348. The van der Waals surface area contributed by atoms with Gasteiger partial charge in [-0.25, -0.2) is 0 Å². The molecule has 0 bridgehead atoms. The number of pyridine rings is 2. The van der Waals surface area contributed by atoms with Crippen LogP contribution in [0.4, 0.5) is 0 Å². The summed E-state index contributed by atoms with van der Waals surface area (Å²) in [7, 11) is 0. The zero-order valence-electron chi connectivity index (χ0n) is 16.9. The summed E-state index contributed by atoms with van der Waals surface area (Å²) < 4.78 is 5.49. The second-order valence-electron chi connectivity index (χ2n) is 7.40. The fourth-order valence-corrected chi connectivity index (χ4v) is 3.84. The maximum atomic E-state index is 13.0. The maximum absolute atomic E-state index is 13.0. The number of benzene rings is 1. The van der Waals surface area contributed by atoms with E-state index >= 15 is 0 Å². The van der Waals surface area contributed by atoms with Gasteiger partial charge in [-0.05, 0) is 37.6 Å². The van der Waals surface area contributed by atoms with Crippen LogP contribution >= 0.6 is 0 Å². The van der Waals surface area contributed by atoms with Crippen LogP contribution in [0, 0.1) is 13.8 Å². The van der Waals surface area contributed by atoms with Crippen molar-refractivity contribution >= 4 is 16.8 Å². The van der Waals surface area contributed by atoms with Crippen molar-refractivity contribution < 1.29 is 9.53 Å². The van der Waals surface area contributed by atoms with E-state index in [0.29, 0.717) is 25.3 Å². The molecular weight excluding hydrogens is 364 g/mol. The predicted molar refractivity (Wildman–Crippen MR) is 113 cm³/mol. The minimum Gasteiger partial charge on any atom is -0.379 e. The third-order valence-corrected chi connectivity index (χ3v) is 5.45. The Morgan fingerprint density at radius 1 is 1.17 bits per heavy atom. The Kier molecular flexibility index (Phi) is 5.83. The molecule has 0 spiro atoms. The highest BCUT2D eigenvalue weighted by Crippen LogP contribution is 2.21. The monoisotopic (exact) mass is 390 g/mol. The molecule has 1 atom stereocenters. The van der Waals surface area contributed by atoms with Crippen LogP contribution in [0.5, 0.6) is 0 Å². The van der Waals surface area contributed by atoms with Crippen molar-refractivity contribution in [3.05, 3.63) is 71.2 Å². The van der Waals surface area contributed by atoms with Crippen LogP contribution < -0.4 is 5.32 Å². The largest absolute Gasteiger partial charge is 0.379 e. The fourth-order valence-electron chi connectivity index (χ4n) is 3.84. The molecule has 4 rings (SSSR count). The molecular formula is C23H26N4O2. The summed E-state index contributed by atoms with van der Waals surface area (Å²) in [5.74, 6) is -0.104. The van der Waals surface area contributed by atoms with Gasteiger partial charge in [0.25, 0.3) is 5.91 Å². The molecule has 0 unspecified atom stereocenters. The van der Waals surface area contributed by atoms with E-state index in [1.54, 1.807) is 6.20 Å². The van der Waals surface area contributed by atoms with Gasteiger partial charge in [-0.2, -0.15) is 0 Å². The van der Waals surface area contributed by atoms with E-state index in [2.05, 4.69) is 20.2 Å². The summed E-state index contributed by atoms with van der Waals surface area (Å²) in [5.41, 5.74) is 4.37. The van der Waals surface area contributed by atoms with Crippen molar-refractivity contribution in [1.29, 1.82) is 0 Å². The molecule has 0 radical (unpaired) electrons. The Balaban J connectivity index is 1.55. The Hall–Kier alpha value is -2.83. The van der Waals surface area contributed by atoms with E-state index in [0.717, 1.165) is 40.9 Å². The number of aryl methyl sites for hydroxylation is 2. The summed E-state index contributed by atoms with van der Waals surface area (Å²) in [5, 5.41) is 4.10. The van der Waals surface area contributed by atoms with Gasteiger partial charge in [0.15, 0.2) is 0 Å². The molecule has 1 amide bonds. The zero-order chi connectivity index (χ0) is 20.2. The molecule has 3 heterocycles. The number of amides is 1. The molecule has 0 saturated carbocycles. The molecule has 1 aromatic carbocycles. The van der Waals surface area contributed by atoms with Crippen molar-refractivity contribution in [2.24, 2.45) is 0 Å². The van der Waals surface area contributed by atoms with Crippen molar-refractivity contribution in [3.63, 3.8) is 0 Å². The Bertz CT molecular complexity index is 1000. The zero-order valence-corrected chi connectivity index (χ0v) is 16.9. The first-order valence-corrected chi connectivity index (χ1v) is 10.0. The van der Waals surface area contributed by atoms with E-state index in [1.807, 2.05) is 56.3 Å². The molecule has 6 heteroatoms. The average Bonchev–Trinajstić information content (AvgIpc) is 2.75. The Morgan fingerprint density at radius 2 is 2.00 bits per heavy atom. The van der Waals surface area contributed by atoms with Gasteiger partial charge in [0.05, 0.1) is 41.7 Å². The van der Waals surface area contributed by atoms with Crippen LogP contribution in [0.3, 0.4) is 0 Å². The van der Waals surface area contributed by atoms with Gasteiger partial charge in [-0.1, -0.05) is 24.3 Å². The third kappa shape index (κ3) is 4.28. The number of morpholine rings is 1. The number of aromatic nitrogens is 2. The topological polar surface area (TPSA) is 67.4 Å². The quantitative estimate of drug-likeness (QED) is 0.725. The number of hydrogen-bond acceptors (Lipinski definition) is 5. The molecule has 0 aliphatic carbocycles. The third-order valence-electron chi connectivity index (χ3n) is 5.45. The summed E-state index contributed by atoms with van der Waals surface area (Å²) >= 11 is 0. The standard InChI is InChI=1S/C23H26N4O2/c1-16-6-5-7-18-14-19(17(2)26-22(16)18)23(28)25-15-21(20-8-3-4-9-24-20)27-10-12-29-13-11-27/h3-9,14,21H,10-13,15H2,1-2H3,(H,25,28)/t21-/m1/s1. The predicted octanol–water partition coefficient (Wildman–Crippen LogP) is 3.05. The van der Waals surface area contributed by atoms with Crippen LogP contribution in [-0.2, 0) is 4.74 Å². The second-order valence-corrected chi connectivity index (χ2v) is 7.40. The van der Waals surface area contributed by atoms with Gasteiger partial charge < -0.3 is 10.1 Å². The van der Waals surface area contributed by atoms with Crippen LogP contribution in [0.15, 0.2) is 48.7 Å². The van der Waals surface area contributed by atoms with Crippen LogP contribution in [-0.4, -0.2) is 53.6 Å². The smallest absolute Gasteiger partial charge is 0.253 e. The maximum Gasteiger partial charge on any atom is 0.253 e. The summed E-state index contributed by atoms with van der Waals surface area (Å²) in [6.45, 7) is 7.46.